The molecule has 0 atom stereocenters. The SMILES string of the molecule is CCOC(=O)c1sc2nc(-c3cccs3)cc(-c3ccc(C)cc3)c2c1N. The molecule has 4 aromatic rings. The van der Waals surface area contributed by atoms with Crippen LogP contribution in [-0.2, 0) is 4.74 Å². The first-order chi connectivity index (χ1) is 13.1. The molecule has 0 saturated heterocycles. The number of rotatable bonds is 4. The Hall–Kier alpha value is -2.70. The van der Waals surface area contributed by atoms with Gasteiger partial charge < -0.3 is 10.5 Å². The summed E-state index contributed by atoms with van der Waals surface area (Å²) in [5.41, 5.74) is 10.9. The molecule has 27 heavy (non-hydrogen) atoms. The molecule has 136 valence electrons. The number of pyridine rings is 1. The van der Waals surface area contributed by atoms with Crippen molar-refractivity contribution in [1.82, 2.24) is 4.98 Å². The third-order valence-corrected chi connectivity index (χ3v) is 6.27. The summed E-state index contributed by atoms with van der Waals surface area (Å²) in [5, 5.41) is 2.84. The smallest absolute Gasteiger partial charge is 0.350 e. The lowest BCUT2D eigenvalue weighted by atomic mass is 10.00. The average Bonchev–Trinajstić information content (AvgIpc) is 3.30. The number of nitrogens with zero attached hydrogens (tertiary/aromatic N) is 1. The third kappa shape index (κ3) is 3.22. The number of nitrogens with two attached hydrogens (primary N) is 1. The van der Waals surface area contributed by atoms with E-state index in [9.17, 15) is 4.79 Å². The zero-order chi connectivity index (χ0) is 19.0. The van der Waals surface area contributed by atoms with Gasteiger partial charge in [-0.2, -0.15) is 0 Å². The lowest BCUT2D eigenvalue weighted by Crippen LogP contribution is -2.04. The van der Waals surface area contributed by atoms with Crippen LogP contribution in [0.3, 0.4) is 0 Å². The number of esters is 1. The second-order valence-electron chi connectivity index (χ2n) is 6.14. The van der Waals surface area contributed by atoms with Gasteiger partial charge in [0.1, 0.15) is 9.71 Å². The van der Waals surface area contributed by atoms with Crippen molar-refractivity contribution in [3.63, 3.8) is 0 Å². The molecule has 0 saturated carbocycles. The van der Waals surface area contributed by atoms with Gasteiger partial charge in [-0.05, 0) is 42.5 Å². The van der Waals surface area contributed by atoms with E-state index in [1.807, 2.05) is 17.5 Å². The van der Waals surface area contributed by atoms with Crippen LogP contribution >= 0.6 is 22.7 Å². The number of benzene rings is 1. The van der Waals surface area contributed by atoms with Crippen LogP contribution in [0.4, 0.5) is 5.69 Å². The van der Waals surface area contributed by atoms with Crippen LogP contribution in [0.25, 0.3) is 31.9 Å². The topological polar surface area (TPSA) is 65.2 Å². The quantitative estimate of drug-likeness (QED) is 0.447. The van der Waals surface area contributed by atoms with E-state index in [2.05, 4.69) is 37.3 Å². The lowest BCUT2D eigenvalue weighted by molar-refractivity contribution is 0.0533. The summed E-state index contributed by atoms with van der Waals surface area (Å²) >= 11 is 2.92. The van der Waals surface area contributed by atoms with Gasteiger partial charge in [-0.25, -0.2) is 9.78 Å². The first-order valence-corrected chi connectivity index (χ1v) is 10.3. The Labute approximate surface area is 165 Å². The molecule has 1 aromatic carbocycles. The van der Waals surface area contributed by atoms with Crippen molar-refractivity contribution in [3.05, 3.63) is 58.3 Å². The number of nitrogen functional groups attached to an aromatic ring is 1. The van der Waals surface area contributed by atoms with Gasteiger partial charge in [0.15, 0.2) is 0 Å². The molecule has 0 unspecified atom stereocenters. The number of aryl methyl sites for hydroxylation is 1. The zero-order valence-corrected chi connectivity index (χ0v) is 16.6. The predicted octanol–water partition coefficient (Wildman–Crippen LogP) is 5.76. The second-order valence-corrected chi connectivity index (χ2v) is 8.09. The first kappa shape index (κ1) is 17.7. The molecule has 4 nitrogen and oxygen atoms in total. The summed E-state index contributed by atoms with van der Waals surface area (Å²) in [6.07, 6.45) is 0. The fraction of sp³-hybridized carbons (Fsp3) is 0.143. The van der Waals surface area contributed by atoms with Crippen LogP contribution in [-0.4, -0.2) is 17.6 Å². The molecule has 0 aliphatic carbocycles. The van der Waals surface area contributed by atoms with Crippen LogP contribution in [0.2, 0.25) is 0 Å². The van der Waals surface area contributed by atoms with Gasteiger partial charge in [-0.15, -0.1) is 22.7 Å². The van der Waals surface area contributed by atoms with Crippen molar-refractivity contribution in [2.75, 3.05) is 12.3 Å². The largest absolute Gasteiger partial charge is 0.462 e. The van der Waals surface area contributed by atoms with Gasteiger partial charge in [-0.3, -0.25) is 0 Å². The fourth-order valence-electron chi connectivity index (χ4n) is 2.98. The summed E-state index contributed by atoms with van der Waals surface area (Å²) in [7, 11) is 0. The van der Waals surface area contributed by atoms with Crippen molar-refractivity contribution in [2.45, 2.75) is 13.8 Å². The Morgan fingerprint density at radius 2 is 2.00 bits per heavy atom. The third-order valence-electron chi connectivity index (χ3n) is 4.30. The molecular formula is C21H18N2O2S2. The van der Waals surface area contributed by atoms with E-state index < -0.39 is 5.97 Å². The van der Waals surface area contributed by atoms with Crippen LogP contribution in [0, 0.1) is 6.92 Å². The van der Waals surface area contributed by atoms with Crippen molar-refractivity contribution in [3.8, 4) is 21.7 Å². The summed E-state index contributed by atoms with van der Waals surface area (Å²) in [6.45, 7) is 4.15. The molecule has 0 aliphatic heterocycles. The molecule has 0 bridgehead atoms. The van der Waals surface area contributed by atoms with Crippen molar-refractivity contribution in [1.29, 1.82) is 0 Å². The van der Waals surface area contributed by atoms with Gasteiger partial charge in [0, 0.05) is 5.39 Å². The predicted molar refractivity (Wildman–Crippen MR) is 113 cm³/mol. The summed E-state index contributed by atoms with van der Waals surface area (Å²) in [4.78, 5) is 19.3. The maximum Gasteiger partial charge on any atom is 0.350 e. The van der Waals surface area contributed by atoms with Gasteiger partial charge in [0.2, 0.25) is 0 Å². The fourth-order valence-corrected chi connectivity index (χ4v) is 4.68. The highest BCUT2D eigenvalue weighted by molar-refractivity contribution is 7.21. The molecule has 0 radical (unpaired) electrons. The molecule has 0 aliphatic rings. The number of fused-ring (bicyclic) bond motifs is 1. The molecule has 0 fully saturated rings. The molecule has 3 heterocycles. The first-order valence-electron chi connectivity index (χ1n) is 8.59. The number of aromatic nitrogens is 1. The molecule has 3 aromatic heterocycles. The summed E-state index contributed by atoms with van der Waals surface area (Å²) < 4.78 is 5.17. The maximum atomic E-state index is 12.3. The molecule has 0 amide bonds. The van der Waals surface area contributed by atoms with E-state index in [1.54, 1.807) is 18.3 Å². The zero-order valence-electron chi connectivity index (χ0n) is 15.0. The van der Waals surface area contributed by atoms with E-state index in [0.717, 1.165) is 31.9 Å². The minimum Gasteiger partial charge on any atom is -0.462 e. The van der Waals surface area contributed by atoms with Gasteiger partial charge in [-0.1, -0.05) is 35.9 Å². The van der Waals surface area contributed by atoms with Gasteiger partial charge in [0.05, 0.1) is 22.9 Å². The van der Waals surface area contributed by atoms with E-state index >= 15 is 0 Å². The Morgan fingerprint density at radius 3 is 2.67 bits per heavy atom. The highest BCUT2D eigenvalue weighted by Gasteiger charge is 2.22. The Balaban J connectivity index is 2.00. The Bertz CT molecular complexity index is 1110. The van der Waals surface area contributed by atoms with E-state index in [-0.39, 0.29) is 0 Å². The number of anilines is 1. The number of carbonyl (C=O) groups is 1. The number of ether oxygens (including phenoxy) is 1. The minimum absolute atomic E-state index is 0.311. The molecule has 2 N–H and O–H groups in total. The number of carbonyl (C=O) groups excluding carboxylic acids is 1. The van der Waals surface area contributed by atoms with Gasteiger partial charge in [0.25, 0.3) is 0 Å². The second kappa shape index (κ2) is 7.13. The highest BCUT2D eigenvalue weighted by Crippen LogP contribution is 2.42. The van der Waals surface area contributed by atoms with Crippen LogP contribution < -0.4 is 5.73 Å². The number of thiophene rings is 2. The van der Waals surface area contributed by atoms with E-state index in [0.29, 0.717) is 17.2 Å². The lowest BCUT2D eigenvalue weighted by Gasteiger charge is -2.08. The summed E-state index contributed by atoms with van der Waals surface area (Å²) in [5.74, 6) is -0.398. The average molecular weight is 395 g/mol. The van der Waals surface area contributed by atoms with Crippen LogP contribution in [0.15, 0.2) is 47.8 Å². The van der Waals surface area contributed by atoms with Crippen molar-refractivity contribution in [2.24, 2.45) is 0 Å². The van der Waals surface area contributed by atoms with Gasteiger partial charge >= 0.3 is 5.97 Å². The van der Waals surface area contributed by atoms with E-state index in [4.69, 9.17) is 15.5 Å². The van der Waals surface area contributed by atoms with Crippen molar-refractivity contribution < 1.29 is 9.53 Å². The Morgan fingerprint density at radius 1 is 1.22 bits per heavy atom. The van der Waals surface area contributed by atoms with Crippen molar-refractivity contribution >= 4 is 44.5 Å². The summed E-state index contributed by atoms with van der Waals surface area (Å²) in [6, 6.07) is 14.4. The van der Waals surface area contributed by atoms with E-state index in [1.165, 1.54) is 16.9 Å². The molecule has 0 spiro atoms. The minimum atomic E-state index is -0.398. The molecule has 4 rings (SSSR count). The normalized spacial score (nSPS) is 11.0. The molecule has 6 heteroatoms. The monoisotopic (exact) mass is 394 g/mol. The molecular weight excluding hydrogens is 376 g/mol. The number of hydrogen-bond donors (Lipinski definition) is 1. The Kier molecular flexibility index (Phi) is 4.68. The van der Waals surface area contributed by atoms with Crippen LogP contribution in [0.1, 0.15) is 22.2 Å². The maximum absolute atomic E-state index is 12.3. The van der Waals surface area contributed by atoms with Crippen LogP contribution in [0.5, 0.6) is 0 Å². The highest BCUT2D eigenvalue weighted by atomic mass is 32.1. The number of hydrogen-bond acceptors (Lipinski definition) is 6. The standard InChI is InChI=1S/C21H18N2O2S2/c1-3-25-21(24)19-18(22)17-14(13-8-6-12(2)7-9-13)11-15(23-20(17)27-19)16-5-4-10-26-16/h4-11H,3,22H2,1-2H3.